The summed E-state index contributed by atoms with van der Waals surface area (Å²) in [5.74, 6) is 4.97. The van der Waals surface area contributed by atoms with E-state index in [0.29, 0.717) is 24.5 Å². The molecule has 1 rings (SSSR count). The fraction of sp³-hybridized carbons (Fsp3) is 0.357. The average molecular weight is 250 g/mol. The molecule has 3 nitrogen and oxygen atoms in total. The second-order valence-electron chi connectivity index (χ2n) is 3.39. The number of carbonyl (C=O) groups excluding carboxylic acids is 1. The molecule has 0 aromatic heterocycles. The maximum absolute atomic E-state index is 13.2. The van der Waals surface area contributed by atoms with Crippen molar-refractivity contribution in [2.75, 3.05) is 13.2 Å². The number of hydrogen-bond acceptors (Lipinski definition) is 3. The third-order valence-corrected chi connectivity index (χ3v) is 1.95. The van der Waals surface area contributed by atoms with E-state index in [1.807, 2.05) is 6.92 Å². The van der Waals surface area contributed by atoms with E-state index in [0.717, 1.165) is 0 Å². The standard InChI is InChI=1S/C14H15FO3/c1-3-17-13-9-11(8-12(15)10-13)6-5-7-14(16)18-4-2/h8-10H,3-4,7H2,1-2H3. The fourth-order valence-electron chi connectivity index (χ4n) is 1.32. The van der Waals surface area contributed by atoms with Gasteiger partial charge in [-0.05, 0) is 26.0 Å². The van der Waals surface area contributed by atoms with Crippen LogP contribution in [0.5, 0.6) is 5.75 Å². The van der Waals surface area contributed by atoms with E-state index in [9.17, 15) is 9.18 Å². The molecule has 0 N–H and O–H groups in total. The molecule has 1 aromatic rings. The molecule has 0 bridgehead atoms. The molecular weight excluding hydrogens is 235 g/mol. The number of benzene rings is 1. The minimum Gasteiger partial charge on any atom is -0.494 e. The Morgan fingerprint density at radius 1 is 1.28 bits per heavy atom. The molecule has 0 radical (unpaired) electrons. The van der Waals surface area contributed by atoms with Crippen LogP contribution in [0.25, 0.3) is 0 Å². The van der Waals surface area contributed by atoms with Gasteiger partial charge in [-0.1, -0.05) is 11.8 Å². The smallest absolute Gasteiger partial charge is 0.317 e. The van der Waals surface area contributed by atoms with Crippen LogP contribution in [-0.4, -0.2) is 19.2 Å². The zero-order valence-corrected chi connectivity index (χ0v) is 10.5. The number of rotatable bonds is 4. The first kappa shape index (κ1) is 14.0. The molecule has 0 aliphatic carbocycles. The van der Waals surface area contributed by atoms with Crippen LogP contribution in [0.1, 0.15) is 25.8 Å². The summed E-state index contributed by atoms with van der Waals surface area (Å²) in [6.45, 7) is 4.33. The Hall–Kier alpha value is -2.02. The SMILES string of the molecule is CCOC(=O)CC#Cc1cc(F)cc(OCC)c1. The molecule has 0 amide bonds. The van der Waals surface area contributed by atoms with Crippen molar-refractivity contribution in [3.8, 4) is 17.6 Å². The Balaban J connectivity index is 2.72. The Morgan fingerprint density at radius 3 is 2.72 bits per heavy atom. The van der Waals surface area contributed by atoms with E-state index in [1.54, 1.807) is 13.0 Å². The number of halogens is 1. The Morgan fingerprint density at radius 2 is 2.06 bits per heavy atom. The second kappa shape index (κ2) is 7.33. The summed E-state index contributed by atoms with van der Waals surface area (Å²) in [7, 11) is 0. The Bertz CT molecular complexity index is 472. The quantitative estimate of drug-likeness (QED) is 0.608. The molecule has 18 heavy (non-hydrogen) atoms. The van der Waals surface area contributed by atoms with Crippen molar-refractivity contribution in [2.45, 2.75) is 20.3 Å². The van der Waals surface area contributed by atoms with Crippen LogP contribution >= 0.6 is 0 Å². The largest absolute Gasteiger partial charge is 0.494 e. The molecule has 0 unspecified atom stereocenters. The van der Waals surface area contributed by atoms with Crippen LogP contribution in [0.15, 0.2) is 18.2 Å². The number of esters is 1. The highest BCUT2D eigenvalue weighted by atomic mass is 19.1. The van der Waals surface area contributed by atoms with E-state index >= 15 is 0 Å². The molecule has 4 heteroatoms. The lowest BCUT2D eigenvalue weighted by Gasteiger charge is -2.03. The molecule has 0 spiro atoms. The van der Waals surface area contributed by atoms with Gasteiger partial charge in [0.1, 0.15) is 18.0 Å². The van der Waals surface area contributed by atoms with E-state index in [2.05, 4.69) is 11.8 Å². The molecule has 0 aliphatic rings. The first-order valence-corrected chi connectivity index (χ1v) is 5.73. The van der Waals surface area contributed by atoms with Crippen LogP contribution in [0.2, 0.25) is 0 Å². The predicted octanol–water partition coefficient (Wildman–Crippen LogP) is 2.53. The van der Waals surface area contributed by atoms with Crippen LogP contribution in [0, 0.1) is 17.7 Å². The Labute approximate surface area is 106 Å². The van der Waals surface area contributed by atoms with Gasteiger partial charge in [-0.25, -0.2) is 4.39 Å². The van der Waals surface area contributed by atoms with Crippen LogP contribution in [0.3, 0.4) is 0 Å². The van der Waals surface area contributed by atoms with Crippen LogP contribution in [0.4, 0.5) is 4.39 Å². The zero-order valence-electron chi connectivity index (χ0n) is 10.5. The minimum absolute atomic E-state index is 0.00563. The molecule has 0 fully saturated rings. The summed E-state index contributed by atoms with van der Waals surface area (Å²) < 4.78 is 23.1. The summed E-state index contributed by atoms with van der Waals surface area (Å²) in [6.07, 6.45) is -0.00563. The van der Waals surface area contributed by atoms with Gasteiger partial charge < -0.3 is 9.47 Å². The third kappa shape index (κ3) is 4.88. The van der Waals surface area contributed by atoms with Gasteiger partial charge in [-0.3, -0.25) is 4.79 Å². The minimum atomic E-state index is -0.415. The molecule has 96 valence electrons. The van der Waals surface area contributed by atoms with Crippen molar-refractivity contribution < 1.29 is 18.7 Å². The monoisotopic (exact) mass is 250 g/mol. The van der Waals surface area contributed by atoms with Gasteiger partial charge in [-0.15, -0.1) is 0 Å². The van der Waals surface area contributed by atoms with Gasteiger partial charge in [0.2, 0.25) is 0 Å². The van der Waals surface area contributed by atoms with Gasteiger partial charge >= 0.3 is 5.97 Å². The predicted molar refractivity (Wildman–Crippen MR) is 65.7 cm³/mol. The highest BCUT2D eigenvalue weighted by Gasteiger charge is 2.00. The highest BCUT2D eigenvalue weighted by molar-refractivity contribution is 5.72. The van der Waals surface area contributed by atoms with Gasteiger partial charge in [0.25, 0.3) is 0 Å². The molecule has 0 saturated heterocycles. The van der Waals surface area contributed by atoms with Gasteiger partial charge in [0.15, 0.2) is 0 Å². The van der Waals surface area contributed by atoms with Gasteiger partial charge in [-0.2, -0.15) is 0 Å². The number of ether oxygens (including phenoxy) is 2. The maximum Gasteiger partial charge on any atom is 0.317 e. The molecular formula is C14H15FO3. The normalized spacial score (nSPS) is 9.28. The average Bonchev–Trinajstić information content (AvgIpc) is 2.29. The molecule has 0 atom stereocenters. The van der Waals surface area contributed by atoms with E-state index < -0.39 is 5.82 Å². The third-order valence-electron chi connectivity index (χ3n) is 1.95. The van der Waals surface area contributed by atoms with Crippen molar-refractivity contribution in [3.05, 3.63) is 29.6 Å². The summed E-state index contributed by atoms with van der Waals surface area (Å²) in [6, 6.07) is 4.21. The summed E-state index contributed by atoms with van der Waals surface area (Å²) in [4.78, 5) is 11.0. The van der Waals surface area contributed by atoms with E-state index in [-0.39, 0.29) is 12.4 Å². The first-order chi connectivity index (χ1) is 8.65. The van der Waals surface area contributed by atoms with Crippen molar-refractivity contribution in [1.29, 1.82) is 0 Å². The second-order valence-corrected chi connectivity index (χ2v) is 3.39. The molecule has 0 heterocycles. The van der Waals surface area contributed by atoms with Crippen molar-refractivity contribution in [2.24, 2.45) is 0 Å². The Kier molecular flexibility index (Phi) is 5.72. The first-order valence-electron chi connectivity index (χ1n) is 5.73. The van der Waals surface area contributed by atoms with E-state index in [4.69, 9.17) is 9.47 Å². The lowest BCUT2D eigenvalue weighted by Crippen LogP contribution is -2.01. The maximum atomic E-state index is 13.2. The van der Waals surface area contributed by atoms with E-state index in [1.165, 1.54) is 12.1 Å². The fourth-order valence-corrected chi connectivity index (χ4v) is 1.32. The number of hydrogen-bond donors (Lipinski definition) is 0. The van der Waals surface area contributed by atoms with Crippen molar-refractivity contribution in [1.82, 2.24) is 0 Å². The van der Waals surface area contributed by atoms with Gasteiger partial charge in [0, 0.05) is 11.6 Å². The lowest BCUT2D eigenvalue weighted by atomic mass is 10.2. The topological polar surface area (TPSA) is 35.5 Å². The molecule has 0 saturated carbocycles. The summed E-state index contributed by atoms with van der Waals surface area (Å²) in [5, 5.41) is 0. The molecule has 1 aromatic carbocycles. The van der Waals surface area contributed by atoms with Crippen LogP contribution in [-0.2, 0) is 9.53 Å². The highest BCUT2D eigenvalue weighted by Crippen LogP contribution is 2.15. The van der Waals surface area contributed by atoms with Crippen LogP contribution < -0.4 is 4.74 Å². The molecule has 0 aliphatic heterocycles. The van der Waals surface area contributed by atoms with Crippen molar-refractivity contribution >= 4 is 5.97 Å². The summed E-state index contributed by atoms with van der Waals surface area (Å²) in [5.41, 5.74) is 0.475. The number of carbonyl (C=O) groups is 1. The van der Waals surface area contributed by atoms with Gasteiger partial charge in [0.05, 0.1) is 13.2 Å². The lowest BCUT2D eigenvalue weighted by molar-refractivity contribution is -0.141. The zero-order chi connectivity index (χ0) is 13.4. The summed E-state index contributed by atoms with van der Waals surface area (Å²) >= 11 is 0. The van der Waals surface area contributed by atoms with Crippen molar-refractivity contribution in [3.63, 3.8) is 0 Å².